The van der Waals surface area contributed by atoms with Gasteiger partial charge in [0.05, 0.1) is 5.69 Å². The summed E-state index contributed by atoms with van der Waals surface area (Å²) in [5.41, 5.74) is 2.04. The number of pyridine rings is 1. The highest BCUT2D eigenvalue weighted by Gasteiger charge is 2.06. The first kappa shape index (κ1) is 14.2. The summed E-state index contributed by atoms with van der Waals surface area (Å²) >= 11 is 0. The molecule has 2 aromatic heterocycles. The molecule has 18 heavy (non-hydrogen) atoms. The number of aromatic nitrogens is 3. The van der Waals surface area contributed by atoms with Gasteiger partial charge in [-0.25, -0.2) is 9.67 Å². The van der Waals surface area contributed by atoms with Crippen molar-refractivity contribution in [2.24, 2.45) is 0 Å². The van der Waals surface area contributed by atoms with E-state index in [-0.39, 0.29) is 1.43 Å². The first-order valence-corrected chi connectivity index (χ1v) is 6.38. The SMILES string of the molecule is CCCC.CNc1cccnc1-n1nccc1C.[HH]. The van der Waals surface area contributed by atoms with E-state index in [4.69, 9.17) is 0 Å². The average molecular weight is 248 g/mol. The number of aryl methyl sites for hydroxylation is 1. The Bertz CT molecular complexity index is 466. The molecule has 0 fully saturated rings. The van der Waals surface area contributed by atoms with Crippen LogP contribution >= 0.6 is 0 Å². The first-order valence-electron chi connectivity index (χ1n) is 6.38. The predicted molar refractivity (Wildman–Crippen MR) is 78.3 cm³/mol. The molecule has 0 amide bonds. The average Bonchev–Trinajstić information content (AvgIpc) is 2.85. The maximum atomic E-state index is 4.29. The summed E-state index contributed by atoms with van der Waals surface area (Å²) < 4.78 is 1.81. The van der Waals surface area contributed by atoms with Gasteiger partial charge in [0.15, 0.2) is 5.82 Å². The summed E-state index contributed by atoms with van der Waals surface area (Å²) in [4.78, 5) is 4.29. The Labute approximate surface area is 111 Å². The van der Waals surface area contributed by atoms with Gasteiger partial charge in [-0.05, 0) is 25.1 Å². The monoisotopic (exact) mass is 248 g/mol. The number of unbranched alkanes of at least 4 members (excludes halogenated alkanes) is 1. The van der Waals surface area contributed by atoms with Gasteiger partial charge in [-0.3, -0.25) is 0 Å². The fourth-order valence-electron chi connectivity index (χ4n) is 1.35. The number of rotatable bonds is 3. The fourth-order valence-corrected chi connectivity index (χ4v) is 1.35. The number of hydrogen-bond donors (Lipinski definition) is 1. The third-order valence-corrected chi connectivity index (χ3v) is 2.59. The van der Waals surface area contributed by atoms with Gasteiger partial charge in [0, 0.05) is 26.6 Å². The van der Waals surface area contributed by atoms with Crippen LogP contribution < -0.4 is 5.32 Å². The van der Waals surface area contributed by atoms with E-state index in [9.17, 15) is 0 Å². The molecule has 0 radical (unpaired) electrons. The highest BCUT2D eigenvalue weighted by atomic mass is 15.3. The van der Waals surface area contributed by atoms with E-state index < -0.39 is 0 Å². The van der Waals surface area contributed by atoms with Crippen LogP contribution in [0.5, 0.6) is 0 Å². The van der Waals surface area contributed by atoms with E-state index in [2.05, 4.69) is 29.2 Å². The van der Waals surface area contributed by atoms with Gasteiger partial charge in [0.2, 0.25) is 0 Å². The Balaban J connectivity index is 0.000000576. The summed E-state index contributed by atoms with van der Waals surface area (Å²) in [5.74, 6) is 0.831. The van der Waals surface area contributed by atoms with Gasteiger partial charge in [0.25, 0.3) is 0 Å². The Morgan fingerprint density at radius 3 is 2.44 bits per heavy atom. The van der Waals surface area contributed by atoms with Crippen LogP contribution in [0.1, 0.15) is 33.8 Å². The minimum absolute atomic E-state index is 0. The van der Waals surface area contributed by atoms with Gasteiger partial charge < -0.3 is 5.32 Å². The van der Waals surface area contributed by atoms with Crippen molar-refractivity contribution in [1.82, 2.24) is 14.8 Å². The molecule has 2 rings (SSSR count). The second-order valence-corrected chi connectivity index (χ2v) is 4.01. The summed E-state index contributed by atoms with van der Waals surface area (Å²) in [6, 6.07) is 5.83. The molecule has 0 saturated carbocycles. The highest BCUT2D eigenvalue weighted by molar-refractivity contribution is 5.56. The summed E-state index contributed by atoms with van der Waals surface area (Å²) in [7, 11) is 1.87. The van der Waals surface area contributed by atoms with E-state index in [0.29, 0.717) is 0 Å². The molecule has 1 N–H and O–H groups in total. The van der Waals surface area contributed by atoms with E-state index in [1.165, 1.54) is 12.8 Å². The molecular formula is C14H24N4. The van der Waals surface area contributed by atoms with Crippen LogP contribution in [0.15, 0.2) is 30.6 Å². The number of nitrogens with one attached hydrogen (secondary N) is 1. The zero-order valence-electron chi connectivity index (χ0n) is 11.6. The van der Waals surface area contributed by atoms with Gasteiger partial charge in [-0.15, -0.1) is 0 Å². The van der Waals surface area contributed by atoms with Crippen molar-refractivity contribution in [3.63, 3.8) is 0 Å². The van der Waals surface area contributed by atoms with Gasteiger partial charge in [-0.2, -0.15) is 5.10 Å². The van der Waals surface area contributed by atoms with Crippen molar-refractivity contribution in [3.05, 3.63) is 36.3 Å². The topological polar surface area (TPSA) is 42.7 Å². The molecule has 0 aromatic carbocycles. The van der Waals surface area contributed by atoms with E-state index in [1.54, 1.807) is 12.4 Å². The standard InChI is InChI=1S/C10H12N4.C4H10.H2/c1-8-5-7-13-14(8)10-9(11-2)4-3-6-12-10;1-3-4-2;/h3-7,11H,1-2H3;3-4H2,1-2H3;1H. The summed E-state index contributed by atoms with van der Waals surface area (Å²) in [6.45, 7) is 6.36. The van der Waals surface area contributed by atoms with Crippen molar-refractivity contribution < 1.29 is 1.43 Å². The van der Waals surface area contributed by atoms with E-state index >= 15 is 0 Å². The maximum Gasteiger partial charge on any atom is 0.176 e. The molecular weight excluding hydrogens is 224 g/mol. The van der Waals surface area contributed by atoms with Crippen LogP contribution in [0.2, 0.25) is 0 Å². The Morgan fingerprint density at radius 2 is 1.94 bits per heavy atom. The van der Waals surface area contributed by atoms with Crippen molar-refractivity contribution in [2.45, 2.75) is 33.6 Å². The Hall–Kier alpha value is -1.84. The largest absolute Gasteiger partial charge is 0.385 e. The minimum Gasteiger partial charge on any atom is -0.385 e. The lowest BCUT2D eigenvalue weighted by atomic mass is 10.3. The normalized spacial score (nSPS) is 9.56. The third-order valence-electron chi connectivity index (χ3n) is 2.59. The number of anilines is 1. The van der Waals surface area contributed by atoms with Crippen LogP contribution in [0.4, 0.5) is 5.69 Å². The van der Waals surface area contributed by atoms with E-state index in [0.717, 1.165) is 17.2 Å². The summed E-state index contributed by atoms with van der Waals surface area (Å²) in [6.07, 6.45) is 6.17. The molecule has 2 aromatic rings. The molecule has 0 unspecified atom stereocenters. The third kappa shape index (κ3) is 3.58. The highest BCUT2D eigenvalue weighted by Crippen LogP contribution is 2.16. The van der Waals surface area contributed by atoms with Gasteiger partial charge >= 0.3 is 0 Å². The van der Waals surface area contributed by atoms with Crippen molar-refractivity contribution in [2.75, 3.05) is 12.4 Å². The lowest BCUT2D eigenvalue weighted by Crippen LogP contribution is -2.05. The molecule has 100 valence electrons. The van der Waals surface area contributed by atoms with Crippen molar-refractivity contribution in [1.29, 1.82) is 0 Å². The molecule has 0 spiro atoms. The molecule has 0 aliphatic rings. The van der Waals surface area contributed by atoms with Gasteiger partial charge in [0.1, 0.15) is 0 Å². The molecule has 2 heterocycles. The lowest BCUT2D eigenvalue weighted by molar-refractivity contribution is 0.819. The number of hydrogen-bond acceptors (Lipinski definition) is 3. The smallest absolute Gasteiger partial charge is 0.176 e. The molecule has 0 bridgehead atoms. The maximum absolute atomic E-state index is 4.29. The summed E-state index contributed by atoms with van der Waals surface area (Å²) in [5, 5.41) is 7.30. The minimum atomic E-state index is 0. The molecule has 0 aliphatic carbocycles. The second kappa shape index (κ2) is 7.48. The Kier molecular flexibility index (Phi) is 5.91. The predicted octanol–water partition coefficient (Wildman–Crippen LogP) is 3.67. The van der Waals surface area contributed by atoms with Crippen LogP contribution in [0.25, 0.3) is 5.82 Å². The van der Waals surface area contributed by atoms with Crippen LogP contribution in [-0.4, -0.2) is 21.8 Å². The molecule has 4 heteroatoms. The Morgan fingerprint density at radius 1 is 1.22 bits per heavy atom. The zero-order chi connectivity index (χ0) is 13.4. The lowest BCUT2D eigenvalue weighted by Gasteiger charge is -2.08. The van der Waals surface area contributed by atoms with Crippen LogP contribution in [-0.2, 0) is 0 Å². The number of nitrogens with zero attached hydrogens (tertiary/aromatic N) is 3. The zero-order valence-corrected chi connectivity index (χ0v) is 11.6. The van der Waals surface area contributed by atoms with Gasteiger partial charge in [-0.1, -0.05) is 26.7 Å². The molecule has 0 aliphatic heterocycles. The quantitative estimate of drug-likeness (QED) is 0.901. The van der Waals surface area contributed by atoms with Crippen LogP contribution in [0.3, 0.4) is 0 Å². The van der Waals surface area contributed by atoms with Crippen molar-refractivity contribution >= 4 is 5.69 Å². The fraction of sp³-hybridized carbons (Fsp3) is 0.429. The molecule has 0 saturated heterocycles. The van der Waals surface area contributed by atoms with Crippen molar-refractivity contribution in [3.8, 4) is 5.82 Å². The first-order chi connectivity index (χ1) is 8.74. The second-order valence-electron chi connectivity index (χ2n) is 4.01. The molecule has 4 nitrogen and oxygen atoms in total. The van der Waals surface area contributed by atoms with Crippen LogP contribution in [0, 0.1) is 6.92 Å². The molecule has 0 atom stereocenters. The van der Waals surface area contributed by atoms with E-state index in [1.807, 2.05) is 36.9 Å².